The van der Waals surface area contributed by atoms with Crippen LogP contribution in [-0.4, -0.2) is 19.3 Å². The second-order valence-corrected chi connectivity index (χ2v) is 4.05. The second-order valence-electron chi connectivity index (χ2n) is 4.05. The number of benzene rings is 1. The molecule has 0 spiro atoms. The van der Waals surface area contributed by atoms with Gasteiger partial charge in [0.1, 0.15) is 5.75 Å². The van der Waals surface area contributed by atoms with E-state index >= 15 is 0 Å². The van der Waals surface area contributed by atoms with Crippen molar-refractivity contribution < 1.29 is 9.47 Å². The number of ether oxygens (including phenoxy) is 2. The molecule has 2 atom stereocenters. The lowest BCUT2D eigenvalue weighted by atomic mass is 9.99. The molecule has 0 radical (unpaired) electrons. The van der Waals surface area contributed by atoms with Crippen LogP contribution in [0, 0.1) is 0 Å². The smallest absolute Gasteiger partial charge is 0.124 e. The first-order valence-corrected chi connectivity index (χ1v) is 5.92. The summed E-state index contributed by atoms with van der Waals surface area (Å²) in [6, 6.07) is 7.87. The SMILES string of the molecule is CCOc1ccccc1C(N)C1CCCO1. The van der Waals surface area contributed by atoms with Gasteiger partial charge in [-0.2, -0.15) is 0 Å². The lowest BCUT2D eigenvalue weighted by Gasteiger charge is -2.21. The summed E-state index contributed by atoms with van der Waals surface area (Å²) in [5.74, 6) is 0.882. The van der Waals surface area contributed by atoms with Crippen molar-refractivity contribution in [3.8, 4) is 5.75 Å². The molecular weight excluding hydrogens is 202 g/mol. The van der Waals surface area contributed by atoms with E-state index in [1.165, 1.54) is 0 Å². The summed E-state index contributed by atoms with van der Waals surface area (Å²) in [6.45, 7) is 3.47. The molecule has 2 unspecified atom stereocenters. The highest BCUT2D eigenvalue weighted by molar-refractivity contribution is 5.36. The summed E-state index contributed by atoms with van der Waals surface area (Å²) in [4.78, 5) is 0. The zero-order valence-electron chi connectivity index (χ0n) is 9.69. The standard InChI is InChI=1S/C13H19NO2/c1-2-15-11-7-4-3-6-10(11)13(14)12-8-5-9-16-12/h3-4,6-7,12-13H,2,5,8-9,14H2,1H3. The molecule has 1 fully saturated rings. The van der Waals surface area contributed by atoms with E-state index in [0.29, 0.717) is 6.61 Å². The molecule has 2 rings (SSSR count). The van der Waals surface area contributed by atoms with E-state index in [2.05, 4.69) is 0 Å². The third-order valence-corrected chi connectivity index (χ3v) is 2.94. The van der Waals surface area contributed by atoms with Gasteiger partial charge in [-0.25, -0.2) is 0 Å². The number of hydrogen-bond acceptors (Lipinski definition) is 3. The molecule has 1 aromatic carbocycles. The predicted octanol–water partition coefficient (Wildman–Crippen LogP) is 2.26. The second kappa shape index (κ2) is 5.32. The highest BCUT2D eigenvalue weighted by Gasteiger charge is 2.26. The van der Waals surface area contributed by atoms with Crippen molar-refractivity contribution in [2.24, 2.45) is 5.73 Å². The van der Waals surface area contributed by atoms with Crippen molar-refractivity contribution in [1.82, 2.24) is 0 Å². The predicted molar refractivity (Wildman–Crippen MR) is 63.5 cm³/mol. The molecule has 0 aromatic heterocycles. The summed E-state index contributed by atoms with van der Waals surface area (Å²) < 4.78 is 11.2. The molecule has 1 heterocycles. The van der Waals surface area contributed by atoms with Gasteiger partial charge in [0.25, 0.3) is 0 Å². The van der Waals surface area contributed by atoms with Crippen LogP contribution in [-0.2, 0) is 4.74 Å². The quantitative estimate of drug-likeness (QED) is 0.848. The largest absolute Gasteiger partial charge is 0.494 e. The summed E-state index contributed by atoms with van der Waals surface area (Å²) >= 11 is 0. The molecule has 0 aliphatic carbocycles. The molecule has 1 saturated heterocycles. The Morgan fingerprint density at radius 2 is 2.31 bits per heavy atom. The van der Waals surface area contributed by atoms with Crippen LogP contribution in [0.2, 0.25) is 0 Å². The fourth-order valence-corrected chi connectivity index (χ4v) is 2.13. The molecule has 0 saturated carbocycles. The molecule has 3 nitrogen and oxygen atoms in total. The summed E-state index contributed by atoms with van der Waals surface area (Å²) in [7, 11) is 0. The Kier molecular flexibility index (Phi) is 3.80. The Hall–Kier alpha value is -1.06. The van der Waals surface area contributed by atoms with Crippen molar-refractivity contribution in [3.05, 3.63) is 29.8 Å². The molecule has 2 N–H and O–H groups in total. The van der Waals surface area contributed by atoms with Crippen LogP contribution in [0.15, 0.2) is 24.3 Å². The van der Waals surface area contributed by atoms with Crippen molar-refractivity contribution in [3.63, 3.8) is 0 Å². The van der Waals surface area contributed by atoms with Gasteiger partial charge < -0.3 is 15.2 Å². The maximum atomic E-state index is 6.23. The monoisotopic (exact) mass is 221 g/mol. The number of para-hydroxylation sites is 1. The molecule has 88 valence electrons. The molecule has 1 aliphatic rings. The summed E-state index contributed by atoms with van der Waals surface area (Å²) in [6.07, 6.45) is 2.29. The van der Waals surface area contributed by atoms with Gasteiger partial charge in [0.15, 0.2) is 0 Å². The Labute approximate surface area is 96.5 Å². The average Bonchev–Trinajstić information content (AvgIpc) is 2.83. The lowest BCUT2D eigenvalue weighted by Crippen LogP contribution is -2.26. The zero-order chi connectivity index (χ0) is 11.4. The third kappa shape index (κ3) is 2.36. The van der Waals surface area contributed by atoms with Gasteiger partial charge in [0.05, 0.1) is 18.8 Å². The van der Waals surface area contributed by atoms with Crippen LogP contribution in [0.5, 0.6) is 5.75 Å². The molecule has 16 heavy (non-hydrogen) atoms. The minimum absolute atomic E-state index is 0.0785. The highest BCUT2D eigenvalue weighted by Crippen LogP contribution is 2.30. The Bertz CT molecular complexity index is 334. The minimum atomic E-state index is -0.0785. The van der Waals surface area contributed by atoms with Crippen molar-refractivity contribution >= 4 is 0 Å². The first-order chi connectivity index (χ1) is 7.83. The van der Waals surface area contributed by atoms with Gasteiger partial charge in [-0.05, 0) is 25.8 Å². The van der Waals surface area contributed by atoms with Crippen molar-refractivity contribution in [2.45, 2.75) is 31.9 Å². The molecule has 1 aliphatic heterocycles. The van der Waals surface area contributed by atoms with Crippen LogP contribution in [0.25, 0.3) is 0 Å². The third-order valence-electron chi connectivity index (χ3n) is 2.94. The molecule has 1 aromatic rings. The Morgan fingerprint density at radius 3 is 3.00 bits per heavy atom. The summed E-state index contributed by atoms with van der Waals surface area (Å²) in [5, 5.41) is 0. The van der Waals surface area contributed by atoms with Gasteiger partial charge in [0, 0.05) is 12.2 Å². The van der Waals surface area contributed by atoms with E-state index in [-0.39, 0.29) is 12.1 Å². The number of nitrogens with two attached hydrogens (primary N) is 1. The fourth-order valence-electron chi connectivity index (χ4n) is 2.13. The maximum Gasteiger partial charge on any atom is 0.124 e. The van der Waals surface area contributed by atoms with E-state index in [1.807, 2.05) is 31.2 Å². The van der Waals surface area contributed by atoms with E-state index in [0.717, 1.165) is 30.8 Å². The van der Waals surface area contributed by atoms with Crippen LogP contribution in [0.3, 0.4) is 0 Å². The van der Waals surface area contributed by atoms with Gasteiger partial charge in [-0.15, -0.1) is 0 Å². The van der Waals surface area contributed by atoms with E-state index in [9.17, 15) is 0 Å². The van der Waals surface area contributed by atoms with Crippen LogP contribution >= 0.6 is 0 Å². The molecule has 3 heteroatoms. The van der Waals surface area contributed by atoms with Gasteiger partial charge in [-0.3, -0.25) is 0 Å². The van der Waals surface area contributed by atoms with Crippen molar-refractivity contribution in [1.29, 1.82) is 0 Å². The Balaban J connectivity index is 2.17. The summed E-state index contributed by atoms with van der Waals surface area (Å²) in [5.41, 5.74) is 7.28. The lowest BCUT2D eigenvalue weighted by molar-refractivity contribution is 0.0891. The maximum absolute atomic E-state index is 6.23. The van der Waals surface area contributed by atoms with Gasteiger partial charge in [-0.1, -0.05) is 18.2 Å². The van der Waals surface area contributed by atoms with E-state index < -0.39 is 0 Å². The zero-order valence-corrected chi connectivity index (χ0v) is 9.69. The Morgan fingerprint density at radius 1 is 1.50 bits per heavy atom. The van der Waals surface area contributed by atoms with E-state index in [4.69, 9.17) is 15.2 Å². The first kappa shape index (κ1) is 11.4. The van der Waals surface area contributed by atoms with E-state index in [1.54, 1.807) is 0 Å². The minimum Gasteiger partial charge on any atom is -0.494 e. The van der Waals surface area contributed by atoms with Crippen molar-refractivity contribution in [2.75, 3.05) is 13.2 Å². The molecule has 0 bridgehead atoms. The van der Waals surface area contributed by atoms with Gasteiger partial charge >= 0.3 is 0 Å². The van der Waals surface area contributed by atoms with Crippen LogP contribution < -0.4 is 10.5 Å². The topological polar surface area (TPSA) is 44.5 Å². The highest BCUT2D eigenvalue weighted by atomic mass is 16.5. The number of hydrogen-bond donors (Lipinski definition) is 1. The van der Waals surface area contributed by atoms with Crippen LogP contribution in [0.1, 0.15) is 31.4 Å². The first-order valence-electron chi connectivity index (χ1n) is 5.92. The fraction of sp³-hybridized carbons (Fsp3) is 0.538. The van der Waals surface area contributed by atoms with Crippen LogP contribution in [0.4, 0.5) is 0 Å². The molecular formula is C13H19NO2. The average molecular weight is 221 g/mol. The van der Waals surface area contributed by atoms with Gasteiger partial charge in [0.2, 0.25) is 0 Å². The molecule has 0 amide bonds. The normalized spacial score (nSPS) is 22.0. The number of rotatable bonds is 4.